The molecule has 0 bridgehead atoms. The molecule has 1 aromatic heterocycles. The van der Waals surface area contributed by atoms with Crippen LogP contribution in [0.25, 0.3) is 5.69 Å². The van der Waals surface area contributed by atoms with Gasteiger partial charge in [0.15, 0.2) is 0 Å². The quantitative estimate of drug-likeness (QED) is 0.600. The Morgan fingerprint density at radius 3 is 2.72 bits per heavy atom. The lowest BCUT2D eigenvalue weighted by Gasteiger charge is -2.14. The molecule has 9 nitrogen and oxygen atoms in total. The first-order valence-electron chi connectivity index (χ1n) is 10.4. The van der Waals surface area contributed by atoms with Gasteiger partial charge in [-0.05, 0) is 30.5 Å². The Morgan fingerprint density at radius 1 is 1.19 bits per heavy atom. The minimum Gasteiger partial charge on any atom is -0.497 e. The number of benzene rings is 2. The summed E-state index contributed by atoms with van der Waals surface area (Å²) in [6, 6.07) is 15.8. The molecule has 1 atom stereocenters. The Morgan fingerprint density at radius 2 is 2.00 bits per heavy atom. The standard InChI is InChI=1S/C23H24N4O5/c1-31-18-10-5-9-17(13-18)27-23(30)26(15-16-7-3-2-4-8-16)22(29)20(25-27)21(28)24-14-19-11-6-12-32-19/h2-5,7-10,13,19H,6,11-12,14-15H2,1H3,(H,24,28)/t19-/m1/s1. The predicted octanol–water partition coefficient (Wildman–Crippen LogP) is 1.36. The smallest absolute Gasteiger partial charge is 0.352 e. The van der Waals surface area contributed by atoms with E-state index in [1.165, 1.54) is 7.11 Å². The third kappa shape index (κ3) is 4.62. The van der Waals surface area contributed by atoms with Gasteiger partial charge in [0.05, 0.1) is 25.4 Å². The van der Waals surface area contributed by atoms with E-state index < -0.39 is 17.2 Å². The lowest BCUT2D eigenvalue weighted by molar-refractivity contribution is 0.0849. The van der Waals surface area contributed by atoms with Crippen molar-refractivity contribution in [2.24, 2.45) is 0 Å². The fourth-order valence-corrected chi connectivity index (χ4v) is 3.57. The maximum Gasteiger partial charge on any atom is 0.352 e. The lowest BCUT2D eigenvalue weighted by Crippen LogP contribution is -2.46. The minimum atomic E-state index is -0.747. The average Bonchev–Trinajstić information content (AvgIpc) is 3.35. The summed E-state index contributed by atoms with van der Waals surface area (Å²) in [6.45, 7) is 0.942. The zero-order chi connectivity index (χ0) is 22.5. The Hall–Kier alpha value is -3.72. The van der Waals surface area contributed by atoms with Gasteiger partial charge in [0.2, 0.25) is 5.69 Å². The highest BCUT2D eigenvalue weighted by molar-refractivity contribution is 5.91. The number of hydrogen-bond acceptors (Lipinski definition) is 6. The number of hydrogen-bond donors (Lipinski definition) is 1. The molecule has 2 heterocycles. The van der Waals surface area contributed by atoms with Gasteiger partial charge in [0.1, 0.15) is 5.75 Å². The fourth-order valence-electron chi connectivity index (χ4n) is 3.57. The van der Waals surface area contributed by atoms with Crippen LogP contribution in [0, 0.1) is 0 Å². The third-order valence-corrected chi connectivity index (χ3v) is 5.27. The first kappa shape index (κ1) is 21.5. The number of ether oxygens (including phenoxy) is 2. The molecule has 1 fully saturated rings. The number of nitrogens with zero attached hydrogens (tertiary/aromatic N) is 3. The van der Waals surface area contributed by atoms with E-state index in [-0.39, 0.29) is 24.9 Å². The van der Waals surface area contributed by atoms with E-state index in [0.29, 0.717) is 18.0 Å². The van der Waals surface area contributed by atoms with Crippen molar-refractivity contribution in [3.8, 4) is 11.4 Å². The maximum absolute atomic E-state index is 13.2. The van der Waals surface area contributed by atoms with Gasteiger partial charge in [0.25, 0.3) is 11.5 Å². The number of methoxy groups -OCH3 is 1. The van der Waals surface area contributed by atoms with E-state index in [4.69, 9.17) is 9.47 Å². The number of nitrogens with one attached hydrogen (secondary N) is 1. The summed E-state index contributed by atoms with van der Waals surface area (Å²) in [5.41, 5.74) is -0.628. The van der Waals surface area contributed by atoms with Crippen molar-refractivity contribution in [1.82, 2.24) is 19.7 Å². The van der Waals surface area contributed by atoms with E-state index in [0.717, 1.165) is 27.7 Å². The number of carbonyl (C=O) groups excluding carboxylic acids is 1. The summed E-state index contributed by atoms with van der Waals surface area (Å²) in [4.78, 5) is 39.2. The van der Waals surface area contributed by atoms with Crippen molar-refractivity contribution in [1.29, 1.82) is 0 Å². The highest BCUT2D eigenvalue weighted by atomic mass is 16.5. The summed E-state index contributed by atoms with van der Waals surface area (Å²) < 4.78 is 12.8. The van der Waals surface area contributed by atoms with Crippen LogP contribution in [0.4, 0.5) is 0 Å². The van der Waals surface area contributed by atoms with E-state index in [1.807, 2.05) is 18.2 Å². The van der Waals surface area contributed by atoms with Gasteiger partial charge in [-0.3, -0.25) is 14.2 Å². The van der Waals surface area contributed by atoms with Crippen LogP contribution < -0.4 is 21.3 Å². The first-order valence-corrected chi connectivity index (χ1v) is 10.4. The van der Waals surface area contributed by atoms with Crippen LogP contribution in [0.5, 0.6) is 5.75 Å². The molecular weight excluding hydrogens is 412 g/mol. The Kier molecular flexibility index (Phi) is 6.46. The second kappa shape index (κ2) is 9.61. The number of aromatic nitrogens is 3. The highest BCUT2D eigenvalue weighted by Crippen LogP contribution is 2.14. The summed E-state index contributed by atoms with van der Waals surface area (Å²) in [6.07, 6.45) is 1.69. The zero-order valence-corrected chi connectivity index (χ0v) is 17.7. The molecule has 1 saturated heterocycles. The molecular formula is C23H24N4O5. The minimum absolute atomic E-state index is 0.0109. The molecule has 0 radical (unpaired) electrons. The van der Waals surface area contributed by atoms with Crippen LogP contribution in [-0.2, 0) is 11.3 Å². The molecule has 0 unspecified atom stereocenters. The molecule has 0 aliphatic carbocycles. The molecule has 32 heavy (non-hydrogen) atoms. The molecule has 0 spiro atoms. The monoisotopic (exact) mass is 436 g/mol. The second-order valence-corrected chi connectivity index (χ2v) is 7.47. The highest BCUT2D eigenvalue weighted by Gasteiger charge is 2.22. The normalized spacial score (nSPS) is 15.5. The number of amides is 1. The molecule has 2 aromatic carbocycles. The Balaban J connectivity index is 1.77. The van der Waals surface area contributed by atoms with Gasteiger partial charge in [-0.2, -0.15) is 9.78 Å². The third-order valence-electron chi connectivity index (χ3n) is 5.27. The van der Waals surface area contributed by atoms with Gasteiger partial charge in [0, 0.05) is 19.2 Å². The zero-order valence-electron chi connectivity index (χ0n) is 17.7. The van der Waals surface area contributed by atoms with E-state index in [1.54, 1.807) is 36.4 Å². The van der Waals surface area contributed by atoms with Crippen molar-refractivity contribution in [2.75, 3.05) is 20.3 Å². The van der Waals surface area contributed by atoms with Crippen LogP contribution in [0.15, 0.2) is 64.2 Å². The van der Waals surface area contributed by atoms with Crippen LogP contribution in [0.2, 0.25) is 0 Å². The average molecular weight is 436 g/mol. The van der Waals surface area contributed by atoms with Crippen molar-refractivity contribution in [3.63, 3.8) is 0 Å². The molecule has 1 aliphatic rings. The number of rotatable bonds is 7. The van der Waals surface area contributed by atoms with Crippen LogP contribution in [0.1, 0.15) is 28.9 Å². The van der Waals surface area contributed by atoms with Gasteiger partial charge in [-0.1, -0.05) is 36.4 Å². The van der Waals surface area contributed by atoms with E-state index in [2.05, 4.69) is 10.4 Å². The molecule has 4 rings (SSSR count). The molecule has 1 aliphatic heterocycles. The predicted molar refractivity (Wildman–Crippen MR) is 117 cm³/mol. The van der Waals surface area contributed by atoms with Gasteiger partial charge in [-0.15, -0.1) is 0 Å². The molecule has 1 amide bonds. The SMILES string of the molecule is COc1cccc(-n2nc(C(=O)NC[C@H]3CCCO3)c(=O)n(Cc3ccccc3)c2=O)c1. The summed E-state index contributed by atoms with van der Waals surface area (Å²) in [5, 5.41) is 6.84. The molecule has 3 aromatic rings. The van der Waals surface area contributed by atoms with Gasteiger partial charge < -0.3 is 14.8 Å². The van der Waals surface area contributed by atoms with Crippen LogP contribution >= 0.6 is 0 Å². The van der Waals surface area contributed by atoms with E-state index in [9.17, 15) is 14.4 Å². The number of carbonyl (C=O) groups is 1. The second-order valence-electron chi connectivity index (χ2n) is 7.47. The summed E-state index contributed by atoms with van der Waals surface area (Å²) in [7, 11) is 1.51. The molecule has 0 saturated carbocycles. The van der Waals surface area contributed by atoms with Gasteiger partial charge >= 0.3 is 5.69 Å². The van der Waals surface area contributed by atoms with Crippen LogP contribution in [-0.4, -0.2) is 46.6 Å². The lowest BCUT2D eigenvalue weighted by atomic mass is 10.2. The summed E-state index contributed by atoms with van der Waals surface area (Å²) >= 11 is 0. The first-order chi connectivity index (χ1) is 15.6. The molecule has 166 valence electrons. The molecule has 9 heteroatoms. The van der Waals surface area contributed by atoms with Crippen molar-refractivity contribution >= 4 is 5.91 Å². The Labute approximate surface area is 184 Å². The van der Waals surface area contributed by atoms with Crippen LogP contribution in [0.3, 0.4) is 0 Å². The van der Waals surface area contributed by atoms with E-state index >= 15 is 0 Å². The largest absolute Gasteiger partial charge is 0.497 e. The van der Waals surface area contributed by atoms with Crippen molar-refractivity contribution < 1.29 is 14.3 Å². The fraction of sp³-hybridized carbons (Fsp3) is 0.304. The molecule has 1 N–H and O–H groups in total. The summed E-state index contributed by atoms with van der Waals surface area (Å²) in [5.74, 6) is -0.134. The maximum atomic E-state index is 13.2. The Bertz CT molecular complexity index is 1210. The van der Waals surface area contributed by atoms with Crippen molar-refractivity contribution in [3.05, 3.63) is 86.7 Å². The topological polar surface area (TPSA) is 104 Å². The van der Waals surface area contributed by atoms with Gasteiger partial charge in [-0.25, -0.2) is 4.79 Å². The van der Waals surface area contributed by atoms with Crippen molar-refractivity contribution in [2.45, 2.75) is 25.5 Å².